The smallest absolute Gasteiger partial charge is 0.224 e. The maximum absolute atomic E-state index is 11.3. The number of nitrogens with one attached hydrogen (secondary N) is 1. The molecule has 0 heterocycles. The van der Waals surface area contributed by atoms with Gasteiger partial charge in [0.05, 0.1) is 19.9 Å². The van der Waals surface area contributed by atoms with Crippen LogP contribution >= 0.6 is 0 Å². The molecule has 0 saturated heterocycles. The van der Waals surface area contributed by atoms with E-state index < -0.39 is 0 Å². The van der Waals surface area contributed by atoms with E-state index in [4.69, 9.17) is 9.47 Å². The fourth-order valence-corrected chi connectivity index (χ4v) is 1.96. The van der Waals surface area contributed by atoms with Crippen LogP contribution in [-0.4, -0.2) is 26.3 Å². The number of aliphatic imine (C=N–C) groups is 1. The first-order valence-corrected chi connectivity index (χ1v) is 7.32. The van der Waals surface area contributed by atoms with Crippen LogP contribution in [0.4, 0.5) is 11.4 Å². The van der Waals surface area contributed by atoms with Gasteiger partial charge in [0.2, 0.25) is 5.91 Å². The van der Waals surface area contributed by atoms with Gasteiger partial charge in [0, 0.05) is 18.3 Å². The number of methoxy groups -OCH3 is 2. The Kier molecular flexibility index (Phi) is 5.74. The fraction of sp³-hybridized carbons (Fsp3) is 0.222. The third-order valence-corrected chi connectivity index (χ3v) is 3.24. The fourth-order valence-electron chi connectivity index (χ4n) is 1.96. The zero-order chi connectivity index (χ0) is 16.7. The predicted molar refractivity (Wildman–Crippen MR) is 92.2 cm³/mol. The highest BCUT2D eigenvalue weighted by Crippen LogP contribution is 2.27. The van der Waals surface area contributed by atoms with Crippen LogP contribution < -0.4 is 14.8 Å². The van der Waals surface area contributed by atoms with Crippen molar-refractivity contribution in [3.63, 3.8) is 0 Å². The summed E-state index contributed by atoms with van der Waals surface area (Å²) in [5.41, 5.74) is 2.47. The molecule has 0 aromatic heterocycles. The van der Waals surface area contributed by atoms with E-state index in [1.165, 1.54) is 0 Å². The van der Waals surface area contributed by atoms with Gasteiger partial charge in [-0.3, -0.25) is 9.79 Å². The topological polar surface area (TPSA) is 59.9 Å². The third-order valence-electron chi connectivity index (χ3n) is 3.24. The third kappa shape index (κ3) is 4.57. The minimum absolute atomic E-state index is 0.00780. The van der Waals surface area contributed by atoms with Crippen LogP contribution in [-0.2, 0) is 4.79 Å². The van der Waals surface area contributed by atoms with Gasteiger partial charge < -0.3 is 14.8 Å². The van der Waals surface area contributed by atoms with Crippen molar-refractivity contribution in [2.45, 2.75) is 13.3 Å². The quantitative estimate of drug-likeness (QED) is 0.825. The summed E-state index contributed by atoms with van der Waals surface area (Å²) in [6, 6.07) is 13.0. The van der Waals surface area contributed by atoms with Crippen molar-refractivity contribution in [1.29, 1.82) is 0 Å². The van der Waals surface area contributed by atoms with Crippen LogP contribution in [0.15, 0.2) is 47.5 Å². The van der Waals surface area contributed by atoms with E-state index in [0.29, 0.717) is 17.9 Å². The molecule has 0 aliphatic heterocycles. The molecule has 0 aliphatic rings. The molecule has 5 nitrogen and oxygen atoms in total. The lowest BCUT2D eigenvalue weighted by atomic mass is 10.2. The average Bonchev–Trinajstić information content (AvgIpc) is 2.60. The molecular formula is C18H20N2O3. The number of carbonyl (C=O) groups excluding carboxylic acids is 1. The van der Waals surface area contributed by atoms with Gasteiger partial charge in [0.15, 0.2) is 11.5 Å². The van der Waals surface area contributed by atoms with Gasteiger partial charge in [-0.2, -0.15) is 0 Å². The molecule has 1 amide bonds. The van der Waals surface area contributed by atoms with Gasteiger partial charge in [-0.05, 0) is 48.0 Å². The molecule has 0 radical (unpaired) electrons. The summed E-state index contributed by atoms with van der Waals surface area (Å²) in [6.45, 7) is 1.82. The van der Waals surface area contributed by atoms with Crippen LogP contribution in [0.5, 0.6) is 11.5 Å². The summed E-state index contributed by atoms with van der Waals surface area (Å²) in [5.74, 6) is 1.33. The van der Waals surface area contributed by atoms with Gasteiger partial charge in [-0.1, -0.05) is 6.92 Å². The highest BCUT2D eigenvalue weighted by atomic mass is 16.5. The number of benzene rings is 2. The van der Waals surface area contributed by atoms with E-state index in [2.05, 4.69) is 10.3 Å². The minimum atomic E-state index is -0.00780. The molecule has 23 heavy (non-hydrogen) atoms. The molecular weight excluding hydrogens is 292 g/mol. The summed E-state index contributed by atoms with van der Waals surface area (Å²) < 4.78 is 10.5. The monoisotopic (exact) mass is 312 g/mol. The molecule has 0 saturated carbocycles. The van der Waals surface area contributed by atoms with Crippen molar-refractivity contribution >= 4 is 23.5 Å². The number of hydrogen-bond acceptors (Lipinski definition) is 4. The Bertz CT molecular complexity index is 694. The second kappa shape index (κ2) is 7.98. The summed E-state index contributed by atoms with van der Waals surface area (Å²) in [4.78, 5) is 15.7. The molecule has 0 atom stereocenters. The highest BCUT2D eigenvalue weighted by molar-refractivity contribution is 5.90. The van der Waals surface area contributed by atoms with Crippen LogP contribution in [0.2, 0.25) is 0 Å². The Morgan fingerprint density at radius 2 is 1.78 bits per heavy atom. The van der Waals surface area contributed by atoms with Crippen LogP contribution in [0.25, 0.3) is 0 Å². The Morgan fingerprint density at radius 3 is 2.39 bits per heavy atom. The molecule has 1 N–H and O–H groups in total. The number of ether oxygens (including phenoxy) is 2. The lowest BCUT2D eigenvalue weighted by Crippen LogP contribution is -2.08. The number of rotatable bonds is 6. The summed E-state index contributed by atoms with van der Waals surface area (Å²) in [6.07, 6.45) is 2.21. The maximum atomic E-state index is 11.3. The van der Waals surface area contributed by atoms with Crippen LogP contribution in [0.1, 0.15) is 18.9 Å². The van der Waals surface area contributed by atoms with Crippen molar-refractivity contribution in [3.05, 3.63) is 48.0 Å². The van der Waals surface area contributed by atoms with Crippen LogP contribution in [0.3, 0.4) is 0 Å². The van der Waals surface area contributed by atoms with Crippen molar-refractivity contribution in [1.82, 2.24) is 0 Å². The zero-order valence-corrected chi connectivity index (χ0v) is 13.5. The first-order valence-electron chi connectivity index (χ1n) is 7.32. The van der Waals surface area contributed by atoms with Crippen LogP contribution in [0, 0.1) is 0 Å². The van der Waals surface area contributed by atoms with E-state index >= 15 is 0 Å². The van der Waals surface area contributed by atoms with Gasteiger partial charge >= 0.3 is 0 Å². The molecule has 2 rings (SSSR count). The number of amides is 1. The average molecular weight is 312 g/mol. The Balaban J connectivity index is 2.09. The number of hydrogen-bond donors (Lipinski definition) is 1. The SMILES string of the molecule is CCC(=O)Nc1ccc(N=Cc2ccc(OC)c(OC)c2)cc1. The van der Waals surface area contributed by atoms with Gasteiger partial charge in [-0.25, -0.2) is 0 Å². The predicted octanol–water partition coefficient (Wildman–Crippen LogP) is 3.80. The second-order valence-corrected chi connectivity index (χ2v) is 4.82. The molecule has 0 bridgehead atoms. The van der Waals surface area contributed by atoms with E-state index in [9.17, 15) is 4.79 Å². The number of carbonyl (C=O) groups is 1. The number of anilines is 1. The molecule has 2 aromatic rings. The maximum Gasteiger partial charge on any atom is 0.224 e. The second-order valence-electron chi connectivity index (χ2n) is 4.82. The molecule has 5 heteroatoms. The van der Waals surface area contributed by atoms with Crippen molar-refractivity contribution in [2.24, 2.45) is 4.99 Å². The Morgan fingerprint density at radius 1 is 1.09 bits per heavy atom. The van der Waals surface area contributed by atoms with Gasteiger partial charge in [0.25, 0.3) is 0 Å². The summed E-state index contributed by atoms with van der Waals surface area (Å²) in [7, 11) is 3.20. The van der Waals surface area contributed by atoms with Gasteiger partial charge in [0.1, 0.15) is 0 Å². The number of nitrogens with zero attached hydrogens (tertiary/aromatic N) is 1. The largest absolute Gasteiger partial charge is 0.493 e. The highest BCUT2D eigenvalue weighted by Gasteiger charge is 2.03. The van der Waals surface area contributed by atoms with Crippen molar-refractivity contribution < 1.29 is 14.3 Å². The van der Waals surface area contributed by atoms with Crippen molar-refractivity contribution in [3.8, 4) is 11.5 Å². The summed E-state index contributed by atoms with van der Waals surface area (Å²) >= 11 is 0. The van der Waals surface area contributed by atoms with E-state index in [1.54, 1.807) is 20.4 Å². The summed E-state index contributed by atoms with van der Waals surface area (Å²) in [5, 5.41) is 2.80. The molecule has 120 valence electrons. The lowest BCUT2D eigenvalue weighted by molar-refractivity contribution is -0.115. The first-order chi connectivity index (χ1) is 11.2. The van der Waals surface area contributed by atoms with E-state index in [0.717, 1.165) is 16.9 Å². The van der Waals surface area contributed by atoms with Gasteiger partial charge in [-0.15, -0.1) is 0 Å². The molecule has 0 spiro atoms. The van der Waals surface area contributed by atoms with Crippen molar-refractivity contribution in [2.75, 3.05) is 19.5 Å². The molecule has 2 aromatic carbocycles. The molecule has 0 fully saturated rings. The standard InChI is InChI=1S/C18H20N2O3/c1-4-18(21)20-15-8-6-14(7-9-15)19-12-13-5-10-16(22-2)17(11-13)23-3/h5-12H,4H2,1-3H3,(H,20,21). The molecule has 0 aliphatic carbocycles. The Hall–Kier alpha value is -2.82. The normalized spacial score (nSPS) is 10.6. The lowest BCUT2D eigenvalue weighted by Gasteiger charge is -2.07. The van der Waals surface area contributed by atoms with E-state index in [-0.39, 0.29) is 5.91 Å². The Labute approximate surface area is 136 Å². The first kappa shape index (κ1) is 16.5. The van der Waals surface area contributed by atoms with E-state index in [1.807, 2.05) is 49.4 Å². The minimum Gasteiger partial charge on any atom is -0.493 e. The zero-order valence-electron chi connectivity index (χ0n) is 13.5. The molecule has 0 unspecified atom stereocenters.